The van der Waals surface area contributed by atoms with Gasteiger partial charge in [0.05, 0.1) is 24.4 Å². The van der Waals surface area contributed by atoms with Gasteiger partial charge in [-0.2, -0.15) is 0 Å². The molecule has 26 heavy (non-hydrogen) atoms. The number of nitrogens with two attached hydrogens (primary N) is 1. The van der Waals surface area contributed by atoms with Gasteiger partial charge in [0.25, 0.3) is 5.91 Å². The number of nitrogens with zero attached hydrogens (tertiary/aromatic N) is 4. The number of amides is 2. The van der Waals surface area contributed by atoms with E-state index in [4.69, 9.17) is 17.3 Å². The van der Waals surface area contributed by atoms with Crippen LogP contribution >= 0.6 is 11.6 Å². The molecule has 0 saturated heterocycles. The minimum Gasteiger partial charge on any atom is -0.369 e. The predicted octanol–water partition coefficient (Wildman–Crippen LogP) is 1.77. The van der Waals surface area contributed by atoms with Crippen molar-refractivity contribution < 1.29 is 9.59 Å². The molecular formula is C17H17ClN6O2. The highest BCUT2D eigenvalue weighted by atomic mass is 35.5. The van der Waals surface area contributed by atoms with E-state index in [-0.39, 0.29) is 29.1 Å². The lowest BCUT2D eigenvalue weighted by Crippen LogP contribution is -2.47. The number of nitrogens with one attached hydrogen (secondary N) is 1. The van der Waals surface area contributed by atoms with E-state index in [0.29, 0.717) is 5.69 Å². The number of halogens is 1. The molecule has 3 rings (SSSR count). The standard InChI is InChI=1S/C17H17ClN6O2/c1-17(7-14(25)24(2)16(19)23-17)10-4-3-5-11(6-10)22-15(26)12-8-21-13(18)9-20-12/h3-6,8-9H,7H2,1-2H3,(H2,19,23)(H,22,26)/t17-/m0/s1. The molecule has 0 spiro atoms. The summed E-state index contributed by atoms with van der Waals surface area (Å²) in [5, 5.41) is 2.95. The van der Waals surface area contributed by atoms with Gasteiger partial charge in [0.1, 0.15) is 10.8 Å². The van der Waals surface area contributed by atoms with Gasteiger partial charge in [-0.25, -0.2) is 15.0 Å². The Morgan fingerprint density at radius 3 is 2.77 bits per heavy atom. The maximum atomic E-state index is 12.3. The van der Waals surface area contributed by atoms with E-state index >= 15 is 0 Å². The molecule has 0 bridgehead atoms. The van der Waals surface area contributed by atoms with Crippen molar-refractivity contribution in [1.82, 2.24) is 14.9 Å². The van der Waals surface area contributed by atoms with Gasteiger partial charge in [0.2, 0.25) is 5.91 Å². The highest BCUT2D eigenvalue weighted by molar-refractivity contribution is 6.29. The summed E-state index contributed by atoms with van der Waals surface area (Å²) in [5.74, 6) is -0.376. The average Bonchev–Trinajstić information content (AvgIpc) is 2.60. The van der Waals surface area contributed by atoms with E-state index in [1.165, 1.54) is 17.3 Å². The van der Waals surface area contributed by atoms with E-state index in [1.54, 1.807) is 25.2 Å². The van der Waals surface area contributed by atoms with Crippen LogP contribution in [0.4, 0.5) is 5.69 Å². The monoisotopic (exact) mass is 372 g/mol. The molecule has 0 radical (unpaired) electrons. The Kier molecular flexibility index (Phi) is 4.60. The second kappa shape index (κ2) is 6.72. The molecule has 1 atom stereocenters. The van der Waals surface area contributed by atoms with Gasteiger partial charge in [-0.15, -0.1) is 0 Å². The molecule has 3 N–H and O–H groups in total. The summed E-state index contributed by atoms with van der Waals surface area (Å²) in [6.45, 7) is 1.83. The zero-order valence-corrected chi connectivity index (χ0v) is 15.0. The minimum absolute atomic E-state index is 0.120. The molecule has 9 heteroatoms. The molecule has 0 aliphatic carbocycles. The number of anilines is 1. The van der Waals surface area contributed by atoms with Crippen LogP contribution < -0.4 is 11.1 Å². The van der Waals surface area contributed by atoms with Crippen LogP contribution in [-0.4, -0.2) is 39.7 Å². The van der Waals surface area contributed by atoms with E-state index in [2.05, 4.69) is 20.3 Å². The number of hydrogen-bond acceptors (Lipinski definition) is 6. The van der Waals surface area contributed by atoms with Gasteiger partial charge < -0.3 is 11.1 Å². The van der Waals surface area contributed by atoms with Crippen LogP contribution in [0.15, 0.2) is 41.7 Å². The van der Waals surface area contributed by atoms with E-state index in [1.807, 2.05) is 13.0 Å². The maximum Gasteiger partial charge on any atom is 0.275 e. The molecule has 1 aliphatic rings. The summed E-state index contributed by atoms with van der Waals surface area (Å²) in [7, 11) is 1.59. The number of rotatable bonds is 3. The van der Waals surface area contributed by atoms with Crippen LogP contribution in [0.3, 0.4) is 0 Å². The Balaban J connectivity index is 1.85. The van der Waals surface area contributed by atoms with Crippen LogP contribution in [0, 0.1) is 0 Å². The largest absolute Gasteiger partial charge is 0.369 e. The lowest BCUT2D eigenvalue weighted by molar-refractivity contribution is -0.128. The highest BCUT2D eigenvalue weighted by Crippen LogP contribution is 2.34. The normalized spacial score (nSPS) is 19.9. The quantitative estimate of drug-likeness (QED) is 0.852. The van der Waals surface area contributed by atoms with Crippen molar-refractivity contribution in [3.8, 4) is 0 Å². The first-order valence-electron chi connectivity index (χ1n) is 7.80. The minimum atomic E-state index is -0.797. The lowest BCUT2D eigenvalue weighted by atomic mass is 9.87. The Labute approximate surface area is 155 Å². The molecule has 1 aromatic heterocycles. The Bertz CT molecular complexity index is 898. The second-order valence-corrected chi connectivity index (χ2v) is 6.52. The Hall–Kier alpha value is -3.00. The van der Waals surface area contributed by atoms with Crippen molar-refractivity contribution in [2.24, 2.45) is 10.7 Å². The molecular weight excluding hydrogens is 356 g/mol. The Morgan fingerprint density at radius 1 is 1.35 bits per heavy atom. The highest BCUT2D eigenvalue weighted by Gasteiger charge is 2.36. The summed E-state index contributed by atoms with van der Waals surface area (Å²) in [6.07, 6.45) is 2.78. The second-order valence-electron chi connectivity index (χ2n) is 6.13. The molecule has 2 aromatic rings. The maximum absolute atomic E-state index is 12.3. The number of hydrogen-bond donors (Lipinski definition) is 2. The van der Waals surface area contributed by atoms with Crippen molar-refractivity contribution in [3.05, 3.63) is 53.1 Å². The van der Waals surface area contributed by atoms with Gasteiger partial charge in [-0.1, -0.05) is 23.7 Å². The SMILES string of the molecule is CN1C(=O)C[C@@](C)(c2cccc(NC(=O)c3cnc(Cl)cn3)c2)N=C1N. The number of benzene rings is 1. The molecule has 8 nitrogen and oxygen atoms in total. The van der Waals surface area contributed by atoms with Crippen LogP contribution in [0.25, 0.3) is 0 Å². The summed E-state index contributed by atoms with van der Waals surface area (Å²) >= 11 is 5.67. The van der Waals surface area contributed by atoms with Crippen LogP contribution in [0.2, 0.25) is 5.15 Å². The third kappa shape index (κ3) is 3.50. The van der Waals surface area contributed by atoms with E-state index in [9.17, 15) is 9.59 Å². The fourth-order valence-corrected chi connectivity index (χ4v) is 2.73. The van der Waals surface area contributed by atoms with Gasteiger partial charge in [0.15, 0.2) is 5.96 Å². The van der Waals surface area contributed by atoms with Crippen molar-refractivity contribution >= 4 is 35.1 Å². The summed E-state index contributed by atoms with van der Waals surface area (Å²) < 4.78 is 0. The smallest absolute Gasteiger partial charge is 0.275 e. The van der Waals surface area contributed by atoms with Gasteiger partial charge in [0, 0.05) is 12.7 Å². The molecule has 0 saturated carbocycles. The van der Waals surface area contributed by atoms with E-state index < -0.39 is 11.4 Å². The zero-order chi connectivity index (χ0) is 18.9. The van der Waals surface area contributed by atoms with E-state index in [0.717, 1.165) is 5.56 Å². The number of guanidine groups is 1. The van der Waals surface area contributed by atoms with Crippen molar-refractivity contribution in [2.75, 3.05) is 12.4 Å². The predicted molar refractivity (Wildman–Crippen MR) is 97.8 cm³/mol. The third-order valence-corrected chi connectivity index (χ3v) is 4.36. The third-order valence-electron chi connectivity index (χ3n) is 4.17. The first-order chi connectivity index (χ1) is 12.3. The molecule has 1 aliphatic heterocycles. The fraction of sp³-hybridized carbons (Fsp3) is 0.235. The number of carbonyl (C=O) groups is 2. The van der Waals surface area contributed by atoms with Crippen molar-refractivity contribution in [2.45, 2.75) is 18.9 Å². The van der Waals surface area contributed by atoms with Crippen LogP contribution in [-0.2, 0) is 10.3 Å². The molecule has 0 unspecified atom stereocenters. The van der Waals surface area contributed by atoms with Gasteiger partial charge >= 0.3 is 0 Å². The summed E-state index contributed by atoms with van der Waals surface area (Å²) in [4.78, 5) is 38.0. The zero-order valence-electron chi connectivity index (χ0n) is 14.2. The number of aliphatic imine (C=N–C) groups is 1. The van der Waals surface area contributed by atoms with Gasteiger partial charge in [-0.3, -0.25) is 14.5 Å². The van der Waals surface area contributed by atoms with Crippen molar-refractivity contribution in [1.29, 1.82) is 0 Å². The molecule has 2 heterocycles. The summed E-state index contributed by atoms with van der Waals surface area (Å²) in [6, 6.07) is 7.11. The first kappa shape index (κ1) is 17.8. The number of carbonyl (C=O) groups excluding carboxylic acids is 2. The topological polar surface area (TPSA) is 114 Å². The van der Waals surface area contributed by atoms with Crippen molar-refractivity contribution in [3.63, 3.8) is 0 Å². The molecule has 1 aromatic carbocycles. The first-order valence-corrected chi connectivity index (χ1v) is 8.17. The Morgan fingerprint density at radius 2 is 2.12 bits per heavy atom. The van der Waals surface area contributed by atoms with Crippen LogP contribution in [0.5, 0.6) is 0 Å². The fourth-order valence-electron chi connectivity index (χ4n) is 2.63. The molecule has 134 valence electrons. The van der Waals surface area contributed by atoms with Crippen LogP contribution in [0.1, 0.15) is 29.4 Å². The summed E-state index contributed by atoms with van der Waals surface area (Å²) in [5.41, 5.74) is 6.50. The van der Waals surface area contributed by atoms with Gasteiger partial charge in [-0.05, 0) is 24.6 Å². The number of aromatic nitrogens is 2. The lowest BCUT2D eigenvalue weighted by Gasteiger charge is -2.33. The molecule has 2 amide bonds. The average molecular weight is 373 g/mol. The molecule has 0 fully saturated rings.